The molecule has 0 aliphatic carbocycles. The molecule has 2 aromatic rings. The zero-order valence-corrected chi connectivity index (χ0v) is 11.1. The van der Waals surface area contributed by atoms with E-state index >= 15 is 0 Å². The van der Waals surface area contributed by atoms with Gasteiger partial charge in [0.2, 0.25) is 0 Å². The summed E-state index contributed by atoms with van der Waals surface area (Å²) in [6, 6.07) is 13.0. The number of aryl methyl sites for hydroxylation is 2. The van der Waals surface area contributed by atoms with Crippen LogP contribution in [0.1, 0.15) is 11.1 Å². The Kier molecular flexibility index (Phi) is 5.34. The highest BCUT2D eigenvalue weighted by Crippen LogP contribution is 2.18. The molecule has 6 nitrogen and oxygen atoms in total. The molecular formula is C14H14N2O4. The molecule has 2 rings (SSSR count). The number of benzene rings is 2. The zero-order valence-electron chi connectivity index (χ0n) is 11.1. The maximum absolute atomic E-state index is 10.2. The van der Waals surface area contributed by atoms with Gasteiger partial charge in [0.1, 0.15) is 0 Å². The van der Waals surface area contributed by atoms with Crippen LogP contribution in [0.4, 0.5) is 11.4 Å². The van der Waals surface area contributed by atoms with Gasteiger partial charge in [-0.25, -0.2) is 0 Å². The van der Waals surface area contributed by atoms with Crippen LogP contribution >= 0.6 is 0 Å². The molecule has 0 saturated heterocycles. The van der Waals surface area contributed by atoms with E-state index in [1.54, 1.807) is 0 Å². The lowest BCUT2D eigenvalue weighted by atomic mass is 10.2. The predicted molar refractivity (Wildman–Crippen MR) is 75.7 cm³/mol. The molecule has 0 heterocycles. The van der Waals surface area contributed by atoms with Crippen molar-refractivity contribution in [2.75, 3.05) is 0 Å². The Morgan fingerprint density at radius 3 is 1.45 bits per heavy atom. The number of nitro benzene ring substituents is 2. The molecule has 20 heavy (non-hydrogen) atoms. The number of rotatable bonds is 2. The van der Waals surface area contributed by atoms with Crippen LogP contribution in [-0.2, 0) is 0 Å². The van der Waals surface area contributed by atoms with Crippen LogP contribution in [0.15, 0.2) is 48.5 Å². The minimum atomic E-state index is -0.674. The summed E-state index contributed by atoms with van der Waals surface area (Å²) < 4.78 is 0. The topological polar surface area (TPSA) is 86.3 Å². The van der Waals surface area contributed by atoms with Gasteiger partial charge in [0.15, 0.2) is 0 Å². The van der Waals surface area contributed by atoms with Gasteiger partial charge in [-0.3, -0.25) is 20.2 Å². The van der Waals surface area contributed by atoms with Crippen LogP contribution in [0.3, 0.4) is 0 Å². The van der Waals surface area contributed by atoms with E-state index in [1.165, 1.54) is 29.3 Å². The lowest BCUT2D eigenvalue weighted by Crippen LogP contribution is -1.91. The molecule has 0 amide bonds. The molecule has 0 atom stereocenters. The fourth-order valence-electron chi connectivity index (χ4n) is 1.53. The van der Waals surface area contributed by atoms with E-state index in [4.69, 9.17) is 0 Å². The highest BCUT2D eigenvalue weighted by atomic mass is 16.6. The largest absolute Gasteiger partial charge is 0.276 e. The second kappa shape index (κ2) is 6.98. The Hall–Kier alpha value is -2.76. The van der Waals surface area contributed by atoms with Gasteiger partial charge in [0.25, 0.3) is 11.4 Å². The highest BCUT2D eigenvalue weighted by Gasteiger charge is 2.11. The summed E-state index contributed by atoms with van der Waals surface area (Å²) in [5.74, 6) is 0. The Morgan fingerprint density at radius 1 is 0.750 bits per heavy atom. The molecule has 0 fully saturated rings. The van der Waals surface area contributed by atoms with Crippen molar-refractivity contribution < 1.29 is 9.85 Å². The summed E-state index contributed by atoms with van der Waals surface area (Å²) in [4.78, 5) is 19.0. The summed E-state index contributed by atoms with van der Waals surface area (Å²) >= 11 is 0. The number of non-ortho nitro benzene ring substituents is 2. The van der Waals surface area contributed by atoms with Gasteiger partial charge in [-0.05, 0) is 19.9 Å². The lowest BCUT2D eigenvalue weighted by molar-refractivity contribution is -0.394. The third-order valence-corrected chi connectivity index (χ3v) is 2.42. The molecule has 104 valence electrons. The highest BCUT2D eigenvalue weighted by molar-refractivity contribution is 5.42. The smallest absolute Gasteiger partial charge is 0.258 e. The summed E-state index contributed by atoms with van der Waals surface area (Å²) in [6.07, 6.45) is 0. The SMILES string of the molecule is Cc1cccc(C)c1.O=[N+]([O-])c1cccc([N+](=O)[O-])c1. The molecule has 0 saturated carbocycles. The van der Waals surface area contributed by atoms with Crippen LogP contribution in [0.2, 0.25) is 0 Å². The lowest BCUT2D eigenvalue weighted by Gasteiger charge is -1.90. The maximum atomic E-state index is 10.2. The number of hydrogen-bond donors (Lipinski definition) is 0. The molecule has 0 aliphatic heterocycles. The maximum Gasteiger partial charge on any atom is 0.276 e. The first kappa shape index (κ1) is 15.3. The van der Waals surface area contributed by atoms with Crippen molar-refractivity contribution in [3.63, 3.8) is 0 Å². The van der Waals surface area contributed by atoms with Crippen LogP contribution in [0.5, 0.6) is 0 Å². The standard InChI is InChI=1S/C8H10.C6H4N2O4/c1-7-4-3-5-8(2)6-7;9-7(10)5-2-1-3-6(4-5)8(11)12/h3-6H,1-2H3;1-4H. The summed E-state index contributed by atoms with van der Waals surface area (Å²) in [5.41, 5.74) is 2.13. The van der Waals surface area contributed by atoms with Crippen molar-refractivity contribution in [3.05, 3.63) is 79.9 Å². The number of hydrogen-bond acceptors (Lipinski definition) is 4. The van der Waals surface area contributed by atoms with E-state index in [9.17, 15) is 20.2 Å². The average Bonchev–Trinajstić information content (AvgIpc) is 2.39. The van der Waals surface area contributed by atoms with Crippen LogP contribution in [-0.4, -0.2) is 9.85 Å². The third kappa shape index (κ3) is 4.85. The van der Waals surface area contributed by atoms with Gasteiger partial charge in [0, 0.05) is 12.1 Å². The molecule has 6 heteroatoms. The van der Waals surface area contributed by atoms with Crippen molar-refractivity contribution in [2.24, 2.45) is 0 Å². The molecule has 0 unspecified atom stereocenters. The van der Waals surface area contributed by atoms with Crippen molar-refractivity contribution in [3.8, 4) is 0 Å². The van der Waals surface area contributed by atoms with Gasteiger partial charge < -0.3 is 0 Å². The molecule has 2 aromatic carbocycles. The second-order valence-corrected chi connectivity index (χ2v) is 4.19. The summed E-state index contributed by atoms with van der Waals surface area (Å²) in [5, 5.41) is 20.3. The van der Waals surface area contributed by atoms with Gasteiger partial charge in [-0.1, -0.05) is 35.4 Å². The van der Waals surface area contributed by atoms with Gasteiger partial charge >= 0.3 is 0 Å². The summed E-state index contributed by atoms with van der Waals surface area (Å²) in [7, 11) is 0. The van der Waals surface area contributed by atoms with E-state index in [1.807, 2.05) is 0 Å². The Labute approximate surface area is 116 Å². The first-order valence-electron chi connectivity index (χ1n) is 5.82. The Morgan fingerprint density at radius 2 is 1.15 bits per heavy atom. The van der Waals surface area contributed by atoms with E-state index in [-0.39, 0.29) is 11.4 Å². The Balaban J connectivity index is 0.000000217. The number of nitro groups is 2. The third-order valence-electron chi connectivity index (χ3n) is 2.42. The fraction of sp³-hybridized carbons (Fsp3) is 0.143. The average molecular weight is 274 g/mol. The van der Waals surface area contributed by atoms with Gasteiger partial charge in [-0.2, -0.15) is 0 Å². The first-order chi connectivity index (χ1) is 9.40. The first-order valence-corrected chi connectivity index (χ1v) is 5.82. The minimum absolute atomic E-state index is 0.274. The number of nitrogens with zero attached hydrogens (tertiary/aromatic N) is 2. The quantitative estimate of drug-likeness (QED) is 0.615. The van der Waals surface area contributed by atoms with Crippen molar-refractivity contribution >= 4 is 11.4 Å². The van der Waals surface area contributed by atoms with Crippen LogP contribution in [0, 0.1) is 34.1 Å². The van der Waals surface area contributed by atoms with E-state index in [0.29, 0.717) is 0 Å². The molecule has 0 bridgehead atoms. The molecule has 0 aliphatic rings. The zero-order chi connectivity index (χ0) is 15.1. The molecular weight excluding hydrogens is 260 g/mol. The van der Waals surface area contributed by atoms with E-state index < -0.39 is 9.85 Å². The van der Waals surface area contributed by atoms with Crippen molar-refractivity contribution in [1.29, 1.82) is 0 Å². The van der Waals surface area contributed by atoms with E-state index in [0.717, 1.165) is 6.07 Å². The van der Waals surface area contributed by atoms with Crippen LogP contribution in [0.25, 0.3) is 0 Å². The van der Waals surface area contributed by atoms with Crippen LogP contribution < -0.4 is 0 Å². The molecule has 0 spiro atoms. The molecule has 0 N–H and O–H groups in total. The molecule has 0 radical (unpaired) electrons. The van der Waals surface area contributed by atoms with E-state index in [2.05, 4.69) is 38.1 Å². The van der Waals surface area contributed by atoms with Gasteiger partial charge in [0.05, 0.1) is 15.9 Å². The summed E-state index contributed by atoms with van der Waals surface area (Å²) in [6.45, 7) is 4.21. The predicted octanol–water partition coefficient (Wildman–Crippen LogP) is 3.81. The van der Waals surface area contributed by atoms with Crippen molar-refractivity contribution in [1.82, 2.24) is 0 Å². The van der Waals surface area contributed by atoms with Gasteiger partial charge in [-0.15, -0.1) is 0 Å². The van der Waals surface area contributed by atoms with Crippen molar-refractivity contribution in [2.45, 2.75) is 13.8 Å². The Bertz CT molecular complexity index is 580. The second-order valence-electron chi connectivity index (χ2n) is 4.19. The normalized spacial score (nSPS) is 9.30. The molecule has 0 aromatic heterocycles. The monoisotopic (exact) mass is 274 g/mol. The minimum Gasteiger partial charge on any atom is -0.258 e. The fourth-order valence-corrected chi connectivity index (χ4v) is 1.53.